The maximum absolute atomic E-state index is 5.33. The fourth-order valence-electron chi connectivity index (χ4n) is 8.66. The molecule has 12 rings (SSSR count). The lowest BCUT2D eigenvalue weighted by Gasteiger charge is -2.16. The Morgan fingerprint density at radius 3 is 1.91 bits per heavy atom. The number of rotatable bonds is 4. The van der Waals surface area contributed by atoms with E-state index in [4.69, 9.17) is 15.0 Å². The minimum absolute atomic E-state index is 0.646. The van der Waals surface area contributed by atoms with Gasteiger partial charge in [0, 0.05) is 53.0 Å². The van der Waals surface area contributed by atoms with Crippen LogP contribution in [0.2, 0.25) is 0 Å². The first kappa shape index (κ1) is 31.2. The topological polar surface area (TPSA) is 43.6 Å². The van der Waals surface area contributed by atoms with E-state index in [2.05, 4.69) is 168 Å². The van der Waals surface area contributed by atoms with Gasteiger partial charge >= 0.3 is 0 Å². The Hall–Kier alpha value is -7.21. The number of para-hydroxylation sites is 1. The summed E-state index contributed by atoms with van der Waals surface area (Å²) >= 11 is 1.85. The molecule has 0 N–H and O–H groups in total. The van der Waals surface area contributed by atoms with Gasteiger partial charge in [0.1, 0.15) is 0 Å². The molecular formula is C51H30N4S. The number of thiophene rings is 1. The molecule has 0 saturated carbocycles. The van der Waals surface area contributed by atoms with Crippen LogP contribution in [0, 0.1) is 0 Å². The zero-order valence-corrected chi connectivity index (χ0v) is 30.8. The van der Waals surface area contributed by atoms with Gasteiger partial charge in [-0.05, 0) is 63.3 Å². The highest BCUT2D eigenvalue weighted by Crippen LogP contribution is 2.46. The monoisotopic (exact) mass is 730 g/mol. The zero-order valence-electron chi connectivity index (χ0n) is 30.0. The van der Waals surface area contributed by atoms with E-state index in [1.54, 1.807) is 0 Å². The van der Waals surface area contributed by atoms with E-state index in [-0.39, 0.29) is 0 Å². The van der Waals surface area contributed by atoms with Gasteiger partial charge in [0.05, 0.1) is 16.7 Å². The lowest BCUT2D eigenvalue weighted by atomic mass is 9.98. The Labute approximate surface area is 325 Å². The molecule has 0 saturated heterocycles. The van der Waals surface area contributed by atoms with Gasteiger partial charge in [-0.3, -0.25) is 0 Å². The van der Waals surface area contributed by atoms with Crippen molar-refractivity contribution in [2.24, 2.45) is 0 Å². The number of hydrogen-bond acceptors (Lipinski definition) is 4. The Kier molecular flexibility index (Phi) is 6.76. The van der Waals surface area contributed by atoms with E-state index in [1.807, 2.05) is 29.5 Å². The van der Waals surface area contributed by atoms with Crippen LogP contribution in [0.25, 0.3) is 114 Å². The highest BCUT2D eigenvalue weighted by molar-refractivity contribution is 7.26. The van der Waals surface area contributed by atoms with E-state index in [9.17, 15) is 0 Å². The second kappa shape index (κ2) is 12.2. The molecule has 0 fully saturated rings. The van der Waals surface area contributed by atoms with Crippen LogP contribution in [0.5, 0.6) is 0 Å². The number of benzene rings is 9. The van der Waals surface area contributed by atoms with Crippen molar-refractivity contribution in [2.75, 3.05) is 0 Å². The number of fused-ring (bicyclic) bond motifs is 11. The first-order valence-corrected chi connectivity index (χ1v) is 19.7. The summed E-state index contributed by atoms with van der Waals surface area (Å²) in [5, 5.41) is 12.0. The fraction of sp³-hybridized carbons (Fsp3) is 0. The van der Waals surface area contributed by atoms with Gasteiger partial charge in [-0.15, -0.1) is 11.3 Å². The Bertz CT molecular complexity index is 3540. The van der Waals surface area contributed by atoms with Crippen LogP contribution < -0.4 is 0 Å². The molecular weight excluding hydrogens is 701 g/mol. The lowest BCUT2D eigenvalue weighted by molar-refractivity contribution is 1.08. The molecule has 0 spiro atoms. The summed E-state index contributed by atoms with van der Waals surface area (Å²) in [4.78, 5) is 15.7. The van der Waals surface area contributed by atoms with Gasteiger partial charge in [0.2, 0.25) is 0 Å². The van der Waals surface area contributed by atoms with Crippen LogP contribution in [0.3, 0.4) is 0 Å². The fourth-order valence-corrected chi connectivity index (χ4v) is 9.91. The first-order valence-electron chi connectivity index (χ1n) is 18.9. The van der Waals surface area contributed by atoms with Gasteiger partial charge < -0.3 is 4.57 Å². The molecule has 9 aromatic carbocycles. The molecule has 56 heavy (non-hydrogen) atoms. The average molecular weight is 731 g/mol. The Morgan fingerprint density at radius 2 is 1.04 bits per heavy atom. The smallest absolute Gasteiger partial charge is 0.164 e. The predicted molar refractivity (Wildman–Crippen MR) is 236 cm³/mol. The average Bonchev–Trinajstić information content (AvgIpc) is 3.82. The highest BCUT2D eigenvalue weighted by atomic mass is 32.1. The van der Waals surface area contributed by atoms with Gasteiger partial charge in [0.15, 0.2) is 17.5 Å². The van der Waals surface area contributed by atoms with Gasteiger partial charge in [-0.2, -0.15) is 0 Å². The summed E-state index contributed by atoms with van der Waals surface area (Å²) in [5.41, 5.74) is 6.37. The summed E-state index contributed by atoms with van der Waals surface area (Å²) in [6, 6.07) is 64.9. The number of nitrogens with zero attached hydrogens (tertiary/aromatic N) is 4. The minimum Gasteiger partial charge on any atom is -0.309 e. The van der Waals surface area contributed by atoms with E-state index in [0.29, 0.717) is 17.5 Å². The highest BCUT2D eigenvalue weighted by Gasteiger charge is 2.22. The Morgan fingerprint density at radius 1 is 0.375 bits per heavy atom. The summed E-state index contributed by atoms with van der Waals surface area (Å²) in [6.45, 7) is 0. The van der Waals surface area contributed by atoms with Crippen LogP contribution in [-0.4, -0.2) is 19.5 Å². The normalized spacial score (nSPS) is 11.9. The van der Waals surface area contributed by atoms with Crippen molar-refractivity contribution in [1.82, 2.24) is 19.5 Å². The molecule has 0 aliphatic heterocycles. The van der Waals surface area contributed by atoms with Crippen LogP contribution >= 0.6 is 11.3 Å². The van der Waals surface area contributed by atoms with Gasteiger partial charge in [-0.1, -0.05) is 146 Å². The molecule has 3 heterocycles. The molecule has 5 heteroatoms. The second-order valence-electron chi connectivity index (χ2n) is 14.4. The SMILES string of the molecule is c1ccc(-c2nc(-c3ccc4ccccc4c3)nc(-c3cc4c5ccccc5sc4c4c(-n5c6ccccc6c6c7ccccc7ccc65)cccc34)n2)cc1. The van der Waals surface area contributed by atoms with Crippen molar-refractivity contribution >= 4 is 85.6 Å². The van der Waals surface area contributed by atoms with Crippen molar-refractivity contribution < 1.29 is 0 Å². The molecule has 0 unspecified atom stereocenters. The van der Waals surface area contributed by atoms with Crippen molar-refractivity contribution in [1.29, 1.82) is 0 Å². The number of aromatic nitrogens is 4. The van der Waals surface area contributed by atoms with Crippen LogP contribution in [-0.2, 0) is 0 Å². The molecule has 0 aliphatic rings. The summed E-state index contributed by atoms with van der Waals surface area (Å²) in [7, 11) is 0. The molecule has 0 amide bonds. The van der Waals surface area contributed by atoms with E-state index >= 15 is 0 Å². The lowest BCUT2D eigenvalue weighted by Crippen LogP contribution is -2.01. The minimum atomic E-state index is 0.646. The molecule has 0 radical (unpaired) electrons. The third kappa shape index (κ3) is 4.68. The summed E-state index contributed by atoms with van der Waals surface area (Å²) in [5.74, 6) is 1.94. The molecule has 3 aromatic heterocycles. The van der Waals surface area contributed by atoms with Crippen LogP contribution in [0.4, 0.5) is 0 Å². The molecule has 12 aromatic rings. The largest absolute Gasteiger partial charge is 0.309 e. The number of hydrogen-bond donors (Lipinski definition) is 0. The van der Waals surface area contributed by atoms with Crippen LogP contribution in [0.15, 0.2) is 182 Å². The van der Waals surface area contributed by atoms with Crippen LogP contribution in [0.1, 0.15) is 0 Å². The van der Waals surface area contributed by atoms with E-state index < -0.39 is 0 Å². The van der Waals surface area contributed by atoms with Crippen molar-refractivity contribution in [2.45, 2.75) is 0 Å². The third-order valence-electron chi connectivity index (χ3n) is 11.2. The van der Waals surface area contributed by atoms with Gasteiger partial charge in [-0.25, -0.2) is 15.0 Å². The quantitative estimate of drug-likeness (QED) is 0.181. The molecule has 0 bridgehead atoms. The summed E-state index contributed by atoms with van der Waals surface area (Å²) in [6.07, 6.45) is 0. The first-order chi connectivity index (χ1) is 27.8. The van der Waals surface area contributed by atoms with Crippen molar-refractivity contribution in [3.05, 3.63) is 182 Å². The van der Waals surface area contributed by atoms with E-state index in [1.165, 1.54) is 63.5 Å². The standard InChI is InChI=1S/C51H30N4S/c1-2-15-33(16-3-1)49-52-50(35-26-25-31-13-4-5-17-34(31)29-35)54-51(53-49)41-30-40-37-19-9-11-24-45(37)56-48(40)47-38(41)21-12-23-43(47)55-42-22-10-8-20-39(42)46-36-18-7-6-14-32(36)27-28-44(46)55/h1-30H. The third-order valence-corrected chi connectivity index (χ3v) is 12.4. The molecule has 0 atom stereocenters. The zero-order chi connectivity index (χ0) is 36.7. The maximum Gasteiger partial charge on any atom is 0.164 e. The second-order valence-corrected chi connectivity index (χ2v) is 15.4. The molecule has 4 nitrogen and oxygen atoms in total. The predicted octanol–water partition coefficient (Wildman–Crippen LogP) is 13.8. The molecule has 0 aliphatic carbocycles. The summed E-state index contributed by atoms with van der Waals surface area (Å²) < 4.78 is 4.97. The van der Waals surface area contributed by atoms with Gasteiger partial charge in [0.25, 0.3) is 0 Å². The van der Waals surface area contributed by atoms with Crippen molar-refractivity contribution in [3.8, 4) is 39.9 Å². The van der Waals surface area contributed by atoms with Crippen molar-refractivity contribution in [3.63, 3.8) is 0 Å². The maximum atomic E-state index is 5.33. The van der Waals surface area contributed by atoms with E-state index in [0.717, 1.165) is 33.2 Å². The molecule has 260 valence electrons. The Balaban J connectivity index is 1.21.